The van der Waals surface area contributed by atoms with Crippen molar-refractivity contribution in [2.24, 2.45) is 0 Å². The Hall–Kier alpha value is -2.12. The van der Waals surface area contributed by atoms with E-state index in [-0.39, 0.29) is 12.2 Å². The molecule has 0 spiro atoms. The molecular weight excluding hydrogens is 285 g/mol. The summed E-state index contributed by atoms with van der Waals surface area (Å²) in [5.41, 5.74) is -0.873. The van der Waals surface area contributed by atoms with Gasteiger partial charge < -0.3 is 0 Å². The molecule has 3 rings (SSSR count). The van der Waals surface area contributed by atoms with Gasteiger partial charge in [0.25, 0.3) is 0 Å². The Balaban J connectivity index is 1.91. The van der Waals surface area contributed by atoms with Crippen LogP contribution in [0.1, 0.15) is 29.9 Å². The molecule has 8 heteroatoms. The van der Waals surface area contributed by atoms with E-state index in [1.807, 2.05) is 0 Å². The quantitative estimate of drug-likeness (QED) is 0.850. The molecule has 5 nitrogen and oxygen atoms in total. The van der Waals surface area contributed by atoms with E-state index >= 15 is 0 Å². The van der Waals surface area contributed by atoms with Gasteiger partial charge in [0.05, 0.1) is 6.54 Å². The van der Waals surface area contributed by atoms with Crippen LogP contribution < -0.4 is 5.69 Å². The second-order valence-corrected chi connectivity index (χ2v) is 5.01. The standard InChI is InChI=1S/C13H13F3N4O/c14-13(15,16)10-7-9(4-5-17-10)8-20-12(21)19-6-2-1-3-11(19)18-20/h4-5,7H,1-3,6,8H2. The van der Waals surface area contributed by atoms with Gasteiger partial charge in [-0.15, -0.1) is 0 Å². The minimum absolute atomic E-state index is 0.0183. The van der Waals surface area contributed by atoms with Gasteiger partial charge >= 0.3 is 11.9 Å². The van der Waals surface area contributed by atoms with Crippen molar-refractivity contribution in [1.82, 2.24) is 19.3 Å². The molecule has 0 saturated heterocycles. The van der Waals surface area contributed by atoms with E-state index in [1.54, 1.807) is 4.57 Å². The van der Waals surface area contributed by atoms with Crippen LogP contribution in [0.15, 0.2) is 23.1 Å². The number of halogens is 3. The van der Waals surface area contributed by atoms with Gasteiger partial charge in [-0.1, -0.05) is 0 Å². The summed E-state index contributed by atoms with van der Waals surface area (Å²) in [4.78, 5) is 15.4. The number of hydrogen-bond acceptors (Lipinski definition) is 3. The highest BCUT2D eigenvalue weighted by molar-refractivity contribution is 5.18. The van der Waals surface area contributed by atoms with Crippen LogP contribution >= 0.6 is 0 Å². The van der Waals surface area contributed by atoms with E-state index in [1.165, 1.54) is 10.7 Å². The lowest BCUT2D eigenvalue weighted by Gasteiger charge is -2.09. The Bertz CT molecular complexity index is 717. The van der Waals surface area contributed by atoms with Crippen LogP contribution in [0.2, 0.25) is 0 Å². The molecule has 0 aromatic carbocycles. The summed E-state index contributed by atoms with van der Waals surface area (Å²) in [6.45, 7) is 0.642. The lowest BCUT2D eigenvalue weighted by Crippen LogP contribution is -2.27. The number of nitrogens with zero attached hydrogens (tertiary/aromatic N) is 4. The second kappa shape index (κ2) is 5.01. The van der Waals surface area contributed by atoms with E-state index in [9.17, 15) is 18.0 Å². The lowest BCUT2D eigenvalue weighted by molar-refractivity contribution is -0.141. The maximum Gasteiger partial charge on any atom is 0.433 e. The first-order chi connectivity index (χ1) is 9.95. The van der Waals surface area contributed by atoms with Crippen LogP contribution in [0, 0.1) is 0 Å². The predicted octanol–water partition coefficient (Wildman–Crippen LogP) is 1.84. The van der Waals surface area contributed by atoms with Crippen LogP contribution in [0.3, 0.4) is 0 Å². The van der Waals surface area contributed by atoms with Crippen molar-refractivity contribution < 1.29 is 13.2 Å². The topological polar surface area (TPSA) is 52.7 Å². The first kappa shape index (κ1) is 13.8. The third-order valence-electron chi connectivity index (χ3n) is 3.48. The molecule has 2 aromatic rings. The molecule has 2 aromatic heterocycles. The van der Waals surface area contributed by atoms with Gasteiger partial charge in [0.2, 0.25) is 0 Å². The molecule has 3 heterocycles. The molecule has 0 unspecified atom stereocenters. The second-order valence-electron chi connectivity index (χ2n) is 5.01. The summed E-state index contributed by atoms with van der Waals surface area (Å²) in [5.74, 6) is 0.705. The zero-order chi connectivity index (χ0) is 15.0. The van der Waals surface area contributed by atoms with Crippen molar-refractivity contribution in [1.29, 1.82) is 0 Å². The molecule has 0 atom stereocenters. The van der Waals surface area contributed by atoms with E-state index in [0.717, 1.165) is 31.5 Å². The predicted molar refractivity (Wildman–Crippen MR) is 67.8 cm³/mol. The Kier molecular flexibility index (Phi) is 3.30. The number of rotatable bonds is 2. The highest BCUT2D eigenvalue weighted by Crippen LogP contribution is 2.27. The largest absolute Gasteiger partial charge is 0.433 e. The van der Waals surface area contributed by atoms with Gasteiger partial charge in [0.15, 0.2) is 0 Å². The molecule has 112 valence electrons. The molecule has 0 bridgehead atoms. The zero-order valence-electron chi connectivity index (χ0n) is 11.1. The monoisotopic (exact) mass is 298 g/mol. The molecule has 1 aliphatic rings. The van der Waals surface area contributed by atoms with Crippen LogP contribution in [0.5, 0.6) is 0 Å². The summed E-state index contributed by atoms with van der Waals surface area (Å²) in [7, 11) is 0. The third-order valence-corrected chi connectivity index (χ3v) is 3.48. The fourth-order valence-corrected chi connectivity index (χ4v) is 2.45. The first-order valence-electron chi connectivity index (χ1n) is 6.64. The molecule has 0 saturated carbocycles. The summed E-state index contributed by atoms with van der Waals surface area (Å²) in [6, 6.07) is 2.41. The van der Waals surface area contributed by atoms with Crippen molar-refractivity contribution in [3.63, 3.8) is 0 Å². The van der Waals surface area contributed by atoms with Gasteiger partial charge in [-0.25, -0.2) is 9.48 Å². The van der Waals surface area contributed by atoms with Gasteiger partial charge in [-0.3, -0.25) is 9.55 Å². The molecule has 0 radical (unpaired) electrons. The number of alkyl halides is 3. The van der Waals surface area contributed by atoms with Crippen molar-refractivity contribution >= 4 is 0 Å². The minimum atomic E-state index is -4.49. The SMILES string of the molecule is O=c1n(Cc2ccnc(C(F)(F)F)c2)nc2n1CCCC2. The highest BCUT2D eigenvalue weighted by atomic mass is 19.4. The summed E-state index contributed by atoms with van der Waals surface area (Å²) in [6.07, 6.45) is -0.768. The maximum atomic E-state index is 12.6. The van der Waals surface area contributed by atoms with Crippen LogP contribution in [-0.4, -0.2) is 19.3 Å². The number of hydrogen-bond donors (Lipinski definition) is 0. The van der Waals surface area contributed by atoms with Crippen molar-refractivity contribution in [2.45, 2.75) is 38.5 Å². The van der Waals surface area contributed by atoms with E-state index in [0.29, 0.717) is 17.9 Å². The molecule has 0 amide bonds. The van der Waals surface area contributed by atoms with Crippen molar-refractivity contribution in [3.8, 4) is 0 Å². The van der Waals surface area contributed by atoms with E-state index < -0.39 is 11.9 Å². The molecule has 1 aliphatic heterocycles. The lowest BCUT2D eigenvalue weighted by atomic mass is 10.2. The van der Waals surface area contributed by atoms with Crippen molar-refractivity contribution in [3.05, 3.63) is 45.9 Å². The first-order valence-corrected chi connectivity index (χ1v) is 6.64. The maximum absolute atomic E-state index is 12.6. The van der Waals surface area contributed by atoms with Gasteiger partial charge in [0.1, 0.15) is 11.5 Å². The van der Waals surface area contributed by atoms with Crippen molar-refractivity contribution in [2.75, 3.05) is 0 Å². The van der Waals surface area contributed by atoms with Crippen LogP contribution in [0.4, 0.5) is 13.2 Å². The van der Waals surface area contributed by atoms with Gasteiger partial charge in [-0.05, 0) is 30.5 Å². The van der Waals surface area contributed by atoms with Gasteiger partial charge in [-0.2, -0.15) is 18.3 Å². The zero-order valence-corrected chi connectivity index (χ0v) is 11.1. The Morgan fingerprint density at radius 2 is 2.10 bits per heavy atom. The molecular formula is C13H13F3N4O. The number of aromatic nitrogens is 4. The summed E-state index contributed by atoms with van der Waals surface area (Å²) < 4.78 is 40.7. The highest BCUT2D eigenvalue weighted by Gasteiger charge is 2.32. The number of aryl methyl sites for hydroxylation is 1. The van der Waals surface area contributed by atoms with Crippen LogP contribution in [0.25, 0.3) is 0 Å². The third kappa shape index (κ3) is 2.70. The summed E-state index contributed by atoms with van der Waals surface area (Å²) >= 11 is 0. The fraction of sp³-hybridized carbons (Fsp3) is 0.462. The van der Waals surface area contributed by atoms with Crippen LogP contribution in [-0.2, 0) is 25.7 Å². The average molecular weight is 298 g/mol. The molecule has 0 aliphatic carbocycles. The molecule has 0 fully saturated rings. The van der Waals surface area contributed by atoms with Gasteiger partial charge in [0, 0.05) is 19.2 Å². The summed E-state index contributed by atoms with van der Waals surface area (Å²) in [5, 5.41) is 4.20. The number of pyridine rings is 1. The minimum Gasteiger partial charge on any atom is -0.279 e. The Morgan fingerprint density at radius 3 is 2.81 bits per heavy atom. The smallest absolute Gasteiger partial charge is 0.279 e. The van der Waals surface area contributed by atoms with E-state index in [4.69, 9.17) is 0 Å². The number of fused-ring (bicyclic) bond motifs is 1. The van der Waals surface area contributed by atoms with E-state index in [2.05, 4.69) is 10.1 Å². The Morgan fingerprint density at radius 1 is 1.29 bits per heavy atom. The Labute approximate surface area is 118 Å². The molecule has 0 N–H and O–H groups in total. The average Bonchev–Trinajstić information content (AvgIpc) is 2.75. The normalized spacial score (nSPS) is 15.0. The fourth-order valence-electron chi connectivity index (χ4n) is 2.45. The molecule has 21 heavy (non-hydrogen) atoms.